The maximum absolute atomic E-state index is 12.9. The molecular formula is C19H36N8O7. The molecule has 0 radical (unpaired) electrons. The number of nitrogens with zero attached hydrogens (tertiary/aromatic N) is 1. The Kier molecular flexibility index (Phi) is 13.2. The molecule has 15 heteroatoms. The van der Waals surface area contributed by atoms with E-state index in [1.165, 1.54) is 6.92 Å². The van der Waals surface area contributed by atoms with Crippen molar-refractivity contribution >= 4 is 35.6 Å². The molecule has 0 fully saturated rings. The highest BCUT2D eigenvalue weighted by Gasteiger charge is 2.33. The first kappa shape index (κ1) is 30.5. The number of rotatable bonds is 15. The highest BCUT2D eigenvalue weighted by atomic mass is 16.4. The maximum Gasteiger partial charge on any atom is 0.328 e. The van der Waals surface area contributed by atoms with Gasteiger partial charge in [-0.3, -0.25) is 24.2 Å². The molecule has 0 heterocycles. The first-order valence-electron chi connectivity index (χ1n) is 10.6. The summed E-state index contributed by atoms with van der Waals surface area (Å²) < 4.78 is 0. The molecule has 194 valence electrons. The first-order chi connectivity index (χ1) is 15.7. The molecule has 0 spiro atoms. The fraction of sp³-hybridized carbons (Fsp3) is 0.684. The van der Waals surface area contributed by atoms with Gasteiger partial charge in [-0.1, -0.05) is 13.8 Å². The summed E-state index contributed by atoms with van der Waals surface area (Å²) in [4.78, 5) is 64.0. The number of amides is 4. The monoisotopic (exact) mass is 488 g/mol. The molecule has 0 aromatic heterocycles. The third-order valence-electron chi connectivity index (χ3n) is 4.63. The molecule has 5 atom stereocenters. The SMILES string of the molecule is CC(C)C(NC(=O)C(CCCN=C(N)N)NC(=O)C(N)CC(N)=O)C(=O)NC(C(=O)O)C(C)O. The largest absolute Gasteiger partial charge is 0.480 e. The van der Waals surface area contributed by atoms with E-state index in [1.807, 2.05) is 0 Å². The van der Waals surface area contributed by atoms with E-state index in [0.29, 0.717) is 0 Å². The molecule has 15 nitrogen and oxygen atoms in total. The van der Waals surface area contributed by atoms with Crippen LogP contribution < -0.4 is 38.9 Å². The van der Waals surface area contributed by atoms with Gasteiger partial charge in [0.1, 0.15) is 12.1 Å². The maximum atomic E-state index is 12.9. The lowest BCUT2D eigenvalue weighted by molar-refractivity contribution is -0.145. The van der Waals surface area contributed by atoms with Crippen molar-refractivity contribution in [1.29, 1.82) is 0 Å². The fourth-order valence-corrected chi connectivity index (χ4v) is 2.78. The predicted molar refractivity (Wildman–Crippen MR) is 122 cm³/mol. The Morgan fingerprint density at radius 2 is 1.44 bits per heavy atom. The van der Waals surface area contributed by atoms with Gasteiger partial charge in [-0.2, -0.15) is 0 Å². The highest BCUT2D eigenvalue weighted by molar-refractivity contribution is 5.95. The Morgan fingerprint density at radius 1 is 0.882 bits per heavy atom. The molecule has 0 saturated carbocycles. The van der Waals surface area contributed by atoms with Crippen LogP contribution in [0.5, 0.6) is 0 Å². The smallest absolute Gasteiger partial charge is 0.328 e. The van der Waals surface area contributed by atoms with Gasteiger partial charge in [0.25, 0.3) is 0 Å². The molecule has 0 aliphatic rings. The third-order valence-corrected chi connectivity index (χ3v) is 4.63. The minimum absolute atomic E-state index is 0.0511. The van der Waals surface area contributed by atoms with Crippen LogP contribution in [-0.2, 0) is 24.0 Å². The van der Waals surface area contributed by atoms with E-state index in [4.69, 9.17) is 22.9 Å². The van der Waals surface area contributed by atoms with Crippen molar-refractivity contribution in [3.63, 3.8) is 0 Å². The quantitative estimate of drug-likeness (QED) is 0.0608. The van der Waals surface area contributed by atoms with Crippen molar-refractivity contribution < 1.29 is 34.2 Å². The molecule has 4 amide bonds. The van der Waals surface area contributed by atoms with Crippen molar-refractivity contribution in [3.05, 3.63) is 0 Å². The molecule has 34 heavy (non-hydrogen) atoms. The number of aliphatic imine (C=N–C) groups is 1. The second-order valence-corrected chi connectivity index (χ2v) is 8.08. The molecule has 0 aliphatic heterocycles. The van der Waals surface area contributed by atoms with Gasteiger partial charge in [0.15, 0.2) is 12.0 Å². The molecule has 0 aromatic carbocycles. The number of aliphatic carboxylic acids is 1. The van der Waals surface area contributed by atoms with Gasteiger partial charge < -0.3 is 49.1 Å². The van der Waals surface area contributed by atoms with E-state index in [9.17, 15) is 34.2 Å². The second-order valence-electron chi connectivity index (χ2n) is 8.08. The zero-order valence-electron chi connectivity index (χ0n) is 19.5. The van der Waals surface area contributed by atoms with E-state index in [2.05, 4.69) is 20.9 Å². The Balaban J connectivity index is 5.54. The number of primary amides is 1. The van der Waals surface area contributed by atoms with Gasteiger partial charge in [0.2, 0.25) is 23.6 Å². The van der Waals surface area contributed by atoms with Crippen LogP contribution in [0.3, 0.4) is 0 Å². The van der Waals surface area contributed by atoms with E-state index in [0.717, 1.165) is 0 Å². The average Bonchev–Trinajstić information content (AvgIpc) is 2.70. The van der Waals surface area contributed by atoms with Crippen LogP contribution in [0.4, 0.5) is 0 Å². The number of nitrogens with one attached hydrogen (secondary N) is 3. The van der Waals surface area contributed by atoms with Crippen LogP contribution in [0.2, 0.25) is 0 Å². The standard InChI is InChI=1S/C19H36N8O7/c1-8(2)13(17(32)27-14(9(3)28)18(33)34)26-16(31)11(5-4-6-24-19(22)23)25-15(30)10(20)7-12(21)29/h8-11,13-14,28H,4-7,20H2,1-3H3,(H2,21,29)(H,25,30)(H,26,31)(H,27,32)(H,33,34)(H4,22,23,24). The lowest BCUT2D eigenvalue weighted by atomic mass is 10.0. The summed E-state index contributed by atoms with van der Waals surface area (Å²) in [7, 11) is 0. The van der Waals surface area contributed by atoms with Gasteiger partial charge in [0, 0.05) is 6.54 Å². The molecule has 0 bridgehead atoms. The van der Waals surface area contributed by atoms with Crippen molar-refractivity contribution in [1.82, 2.24) is 16.0 Å². The molecule has 0 aliphatic carbocycles. The van der Waals surface area contributed by atoms with E-state index < -0.39 is 72.2 Å². The van der Waals surface area contributed by atoms with Gasteiger partial charge in [-0.15, -0.1) is 0 Å². The number of hydrogen-bond acceptors (Lipinski definition) is 8. The van der Waals surface area contributed by atoms with E-state index >= 15 is 0 Å². The molecule has 0 aromatic rings. The minimum atomic E-state index is -1.59. The van der Waals surface area contributed by atoms with Crippen LogP contribution in [0, 0.1) is 5.92 Å². The average molecular weight is 489 g/mol. The molecule has 0 saturated heterocycles. The molecule has 0 rings (SSSR count). The summed E-state index contributed by atoms with van der Waals surface area (Å²) in [6, 6.07) is -5.25. The van der Waals surface area contributed by atoms with Crippen LogP contribution in [-0.4, -0.2) is 82.6 Å². The van der Waals surface area contributed by atoms with Crippen LogP contribution >= 0.6 is 0 Å². The van der Waals surface area contributed by atoms with E-state index in [-0.39, 0.29) is 25.3 Å². The van der Waals surface area contributed by atoms with Crippen molar-refractivity contribution in [2.24, 2.45) is 33.8 Å². The Bertz CT molecular complexity index is 768. The predicted octanol–water partition coefficient (Wildman–Crippen LogP) is -4.18. The van der Waals surface area contributed by atoms with Crippen molar-refractivity contribution in [2.45, 2.75) is 70.3 Å². The molecule has 5 unspecified atom stereocenters. The minimum Gasteiger partial charge on any atom is -0.480 e. The number of nitrogens with two attached hydrogens (primary N) is 4. The summed E-state index contributed by atoms with van der Waals surface area (Å²) in [5.74, 6) is -5.32. The van der Waals surface area contributed by atoms with Gasteiger partial charge in [-0.25, -0.2) is 4.79 Å². The topological polar surface area (TPSA) is 278 Å². The van der Waals surface area contributed by atoms with Gasteiger partial charge in [-0.05, 0) is 25.7 Å². The summed E-state index contributed by atoms with van der Waals surface area (Å²) in [6.45, 7) is 4.56. The number of carboxylic acid groups (broad SMARTS) is 1. The fourth-order valence-electron chi connectivity index (χ4n) is 2.78. The lowest BCUT2D eigenvalue weighted by Gasteiger charge is -2.27. The second kappa shape index (κ2) is 14.6. The number of aliphatic hydroxyl groups excluding tert-OH is 1. The number of carboxylic acids is 1. The van der Waals surface area contributed by atoms with Crippen LogP contribution in [0.15, 0.2) is 4.99 Å². The first-order valence-corrected chi connectivity index (χ1v) is 10.6. The number of carbonyl (C=O) groups is 5. The Morgan fingerprint density at radius 3 is 1.88 bits per heavy atom. The molecule has 13 N–H and O–H groups in total. The van der Waals surface area contributed by atoms with Gasteiger partial charge >= 0.3 is 5.97 Å². The number of carbonyl (C=O) groups excluding carboxylic acids is 4. The van der Waals surface area contributed by atoms with Gasteiger partial charge in [0.05, 0.1) is 18.6 Å². The Hall–Kier alpha value is -3.46. The van der Waals surface area contributed by atoms with Crippen LogP contribution in [0.1, 0.15) is 40.0 Å². The number of hydrogen-bond donors (Lipinski definition) is 9. The summed E-state index contributed by atoms with van der Waals surface area (Å²) in [5, 5.41) is 25.8. The van der Waals surface area contributed by atoms with E-state index in [1.54, 1.807) is 13.8 Å². The van der Waals surface area contributed by atoms with Crippen LogP contribution in [0.25, 0.3) is 0 Å². The third kappa shape index (κ3) is 11.4. The molecular weight excluding hydrogens is 452 g/mol. The number of aliphatic hydroxyl groups is 1. The summed E-state index contributed by atoms with van der Waals surface area (Å²) in [6.07, 6.45) is -1.51. The van der Waals surface area contributed by atoms with Crippen molar-refractivity contribution in [2.75, 3.05) is 6.54 Å². The zero-order valence-corrected chi connectivity index (χ0v) is 19.5. The lowest BCUT2D eigenvalue weighted by Crippen LogP contribution is -2.59. The highest BCUT2D eigenvalue weighted by Crippen LogP contribution is 2.07. The summed E-state index contributed by atoms with van der Waals surface area (Å²) in [5.41, 5.74) is 21.2. The zero-order chi connectivity index (χ0) is 26.6. The number of guanidine groups is 1. The Labute approximate surface area is 197 Å². The normalized spacial score (nSPS) is 15.2. The summed E-state index contributed by atoms with van der Waals surface area (Å²) >= 11 is 0. The van der Waals surface area contributed by atoms with Crippen molar-refractivity contribution in [3.8, 4) is 0 Å².